The maximum Gasteiger partial charge on any atom is 0.416 e. The van der Waals surface area contributed by atoms with E-state index in [1.807, 2.05) is 0 Å². The summed E-state index contributed by atoms with van der Waals surface area (Å²) in [6, 6.07) is 4.43. The number of methoxy groups -OCH3 is 1. The van der Waals surface area contributed by atoms with Gasteiger partial charge in [0.25, 0.3) is 0 Å². The first-order chi connectivity index (χ1) is 6.95. The highest BCUT2D eigenvalue weighted by Gasteiger charge is 2.30. The summed E-state index contributed by atoms with van der Waals surface area (Å²) in [4.78, 5) is 0. The van der Waals surface area contributed by atoms with E-state index in [-0.39, 0.29) is 6.61 Å². The van der Waals surface area contributed by atoms with E-state index in [2.05, 4.69) is 0 Å². The van der Waals surface area contributed by atoms with Gasteiger partial charge in [-0.1, -0.05) is 12.1 Å². The molecular weight excluding hydrogens is 207 g/mol. The van der Waals surface area contributed by atoms with Crippen molar-refractivity contribution in [1.82, 2.24) is 0 Å². The van der Waals surface area contributed by atoms with Gasteiger partial charge in [-0.25, -0.2) is 0 Å². The van der Waals surface area contributed by atoms with E-state index in [1.165, 1.54) is 13.2 Å². The van der Waals surface area contributed by atoms with Crippen LogP contribution in [0.2, 0.25) is 0 Å². The number of rotatable bonds is 3. The highest BCUT2D eigenvalue weighted by molar-refractivity contribution is 5.27. The third kappa shape index (κ3) is 3.21. The van der Waals surface area contributed by atoms with Crippen LogP contribution in [0.5, 0.6) is 0 Å². The molecule has 1 atom stereocenters. The predicted octanol–water partition coefficient (Wildman–Crippen LogP) is 2.35. The Balaban J connectivity index is 2.92. The molecular formula is C10H12F3NO. The summed E-state index contributed by atoms with van der Waals surface area (Å²) in [5.74, 6) is 0. The van der Waals surface area contributed by atoms with Crippen molar-refractivity contribution >= 4 is 0 Å². The summed E-state index contributed by atoms with van der Waals surface area (Å²) in [6.07, 6.45) is -4.33. The fourth-order valence-corrected chi connectivity index (χ4v) is 1.22. The number of ether oxygens (including phenoxy) is 1. The molecule has 0 unspecified atom stereocenters. The molecule has 2 nitrogen and oxygen atoms in total. The van der Waals surface area contributed by atoms with E-state index < -0.39 is 17.8 Å². The van der Waals surface area contributed by atoms with Gasteiger partial charge in [0.05, 0.1) is 18.2 Å². The van der Waals surface area contributed by atoms with Crippen LogP contribution in [0.25, 0.3) is 0 Å². The van der Waals surface area contributed by atoms with E-state index in [1.54, 1.807) is 6.07 Å². The molecule has 15 heavy (non-hydrogen) atoms. The van der Waals surface area contributed by atoms with Crippen LogP contribution < -0.4 is 5.73 Å². The lowest BCUT2D eigenvalue weighted by atomic mass is 10.1. The van der Waals surface area contributed by atoms with Crippen molar-refractivity contribution < 1.29 is 17.9 Å². The summed E-state index contributed by atoms with van der Waals surface area (Å²) in [5, 5.41) is 0. The number of hydrogen-bond acceptors (Lipinski definition) is 2. The van der Waals surface area contributed by atoms with Crippen molar-refractivity contribution in [2.45, 2.75) is 12.2 Å². The largest absolute Gasteiger partial charge is 0.416 e. The molecule has 84 valence electrons. The molecule has 0 aromatic heterocycles. The monoisotopic (exact) mass is 219 g/mol. The Morgan fingerprint density at radius 3 is 2.60 bits per heavy atom. The molecule has 0 spiro atoms. The highest BCUT2D eigenvalue weighted by atomic mass is 19.4. The normalized spacial score (nSPS) is 13.9. The Labute approximate surface area is 85.8 Å². The number of halogens is 3. The Morgan fingerprint density at radius 1 is 1.40 bits per heavy atom. The van der Waals surface area contributed by atoms with Crippen molar-refractivity contribution in [1.29, 1.82) is 0 Å². The van der Waals surface area contributed by atoms with Gasteiger partial charge in [0.1, 0.15) is 0 Å². The minimum atomic E-state index is -4.33. The third-order valence-electron chi connectivity index (χ3n) is 1.99. The van der Waals surface area contributed by atoms with Crippen LogP contribution in [0.1, 0.15) is 17.2 Å². The van der Waals surface area contributed by atoms with Crippen LogP contribution in [0.3, 0.4) is 0 Å². The van der Waals surface area contributed by atoms with Crippen LogP contribution in [0.4, 0.5) is 13.2 Å². The second-order valence-corrected chi connectivity index (χ2v) is 3.19. The lowest BCUT2D eigenvalue weighted by Gasteiger charge is -2.13. The van der Waals surface area contributed by atoms with Gasteiger partial charge in [0.15, 0.2) is 0 Å². The van der Waals surface area contributed by atoms with Crippen molar-refractivity contribution in [2.75, 3.05) is 13.7 Å². The molecule has 0 aliphatic heterocycles. The van der Waals surface area contributed by atoms with Gasteiger partial charge in [-0.05, 0) is 17.7 Å². The molecule has 2 N–H and O–H groups in total. The molecule has 0 fully saturated rings. The van der Waals surface area contributed by atoms with Crippen molar-refractivity contribution in [3.8, 4) is 0 Å². The van der Waals surface area contributed by atoms with Gasteiger partial charge in [0.2, 0.25) is 0 Å². The van der Waals surface area contributed by atoms with Gasteiger partial charge >= 0.3 is 6.18 Å². The fourth-order valence-electron chi connectivity index (χ4n) is 1.22. The summed E-state index contributed by atoms with van der Waals surface area (Å²) in [6.45, 7) is 0.196. The molecule has 0 aliphatic rings. The molecule has 1 aromatic rings. The van der Waals surface area contributed by atoms with Gasteiger partial charge in [0, 0.05) is 7.11 Å². The van der Waals surface area contributed by atoms with E-state index in [9.17, 15) is 13.2 Å². The molecule has 0 heterocycles. The van der Waals surface area contributed by atoms with Crippen molar-refractivity contribution in [3.63, 3.8) is 0 Å². The average molecular weight is 219 g/mol. The first-order valence-corrected chi connectivity index (χ1v) is 4.37. The summed E-state index contributed by atoms with van der Waals surface area (Å²) >= 11 is 0. The highest BCUT2D eigenvalue weighted by Crippen LogP contribution is 2.30. The Bertz CT molecular complexity index is 325. The van der Waals surface area contributed by atoms with E-state index in [0.29, 0.717) is 5.56 Å². The maximum absolute atomic E-state index is 12.3. The number of hydrogen-bond donors (Lipinski definition) is 1. The Kier molecular flexibility index (Phi) is 3.71. The molecule has 0 saturated carbocycles. The van der Waals surface area contributed by atoms with Crippen LogP contribution in [0, 0.1) is 0 Å². The first-order valence-electron chi connectivity index (χ1n) is 4.37. The smallest absolute Gasteiger partial charge is 0.383 e. The van der Waals surface area contributed by atoms with E-state index in [4.69, 9.17) is 10.5 Å². The number of benzene rings is 1. The minimum Gasteiger partial charge on any atom is -0.383 e. The zero-order valence-corrected chi connectivity index (χ0v) is 8.21. The molecule has 0 radical (unpaired) electrons. The average Bonchev–Trinajstić information content (AvgIpc) is 2.17. The summed E-state index contributed by atoms with van der Waals surface area (Å²) in [5.41, 5.74) is 5.36. The zero-order chi connectivity index (χ0) is 11.5. The van der Waals surface area contributed by atoms with Gasteiger partial charge in [-0.2, -0.15) is 13.2 Å². The quantitative estimate of drug-likeness (QED) is 0.846. The molecule has 0 saturated heterocycles. The standard InChI is InChI=1S/C10H12F3NO/c1-15-6-9(14)7-3-2-4-8(5-7)10(11,12)13/h2-5,9H,6,14H2,1H3/t9-/m1/s1. The number of nitrogens with two attached hydrogens (primary N) is 1. The molecule has 5 heteroatoms. The summed E-state index contributed by atoms with van der Waals surface area (Å²) in [7, 11) is 1.45. The second kappa shape index (κ2) is 4.63. The molecule has 0 aliphatic carbocycles. The van der Waals surface area contributed by atoms with Crippen molar-refractivity contribution in [3.05, 3.63) is 35.4 Å². The van der Waals surface area contributed by atoms with E-state index in [0.717, 1.165) is 12.1 Å². The molecule has 1 aromatic carbocycles. The summed E-state index contributed by atoms with van der Waals surface area (Å²) < 4.78 is 41.8. The minimum absolute atomic E-state index is 0.196. The van der Waals surface area contributed by atoms with Crippen LogP contribution in [-0.4, -0.2) is 13.7 Å². The zero-order valence-electron chi connectivity index (χ0n) is 8.21. The Morgan fingerprint density at radius 2 is 2.07 bits per heavy atom. The SMILES string of the molecule is COC[C@@H](N)c1cccc(C(F)(F)F)c1. The Hall–Kier alpha value is -1.07. The maximum atomic E-state index is 12.3. The van der Waals surface area contributed by atoms with Crippen molar-refractivity contribution in [2.24, 2.45) is 5.73 Å². The second-order valence-electron chi connectivity index (χ2n) is 3.19. The fraction of sp³-hybridized carbons (Fsp3) is 0.400. The van der Waals surface area contributed by atoms with Crippen LogP contribution in [-0.2, 0) is 10.9 Å². The first kappa shape index (κ1) is 12.0. The third-order valence-corrected chi connectivity index (χ3v) is 1.99. The lowest BCUT2D eigenvalue weighted by Crippen LogP contribution is -2.17. The van der Waals surface area contributed by atoms with Gasteiger partial charge in [-0.3, -0.25) is 0 Å². The topological polar surface area (TPSA) is 35.2 Å². The van der Waals surface area contributed by atoms with Crippen LogP contribution >= 0.6 is 0 Å². The van der Waals surface area contributed by atoms with Gasteiger partial charge < -0.3 is 10.5 Å². The van der Waals surface area contributed by atoms with Gasteiger partial charge in [-0.15, -0.1) is 0 Å². The van der Waals surface area contributed by atoms with Crippen LogP contribution in [0.15, 0.2) is 24.3 Å². The predicted molar refractivity (Wildman–Crippen MR) is 50.2 cm³/mol. The molecule has 1 rings (SSSR count). The molecule has 0 bridgehead atoms. The van der Waals surface area contributed by atoms with E-state index >= 15 is 0 Å². The number of alkyl halides is 3. The lowest BCUT2D eigenvalue weighted by molar-refractivity contribution is -0.137. The molecule has 0 amide bonds.